The maximum absolute atomic E-state index is 13.9. The van der Waals surface area contributed by atoms with E-state index in [-0.39, 0.29) is 11.7 Å². The van der Waals surface area contributed by atoms with Gasteiger partial charge in [-0.1, -0.05) is 31.0 Å². The molecule has 0 unspecified atom stereocenters. The number of nitrogens with two attached hydrogens (primary N) is 1. The van der Waals surface area contributed by atoms with Gasteiger partial charge in [0.15, 0.2) is 11.6 Å². The number of hydrogen-bond acceptors (Lipinski definition) is 3. The molecule has 0 aromatic heterocycles. The zero-order valence-corrected chi connectivity index (χ0v) is 14.5. The SMILES string of the molecule is COc1ccc(-c2ccc(C(=O)NC3(C(N)=O)CCCC3)cc2)cc1F. The second-order valence-electron chi connectivity index (χ2n) is 6.53. The minimum Gasteiger partial charge on any atom is -0.494 e. The van der Waals surface area contributed by atoms with E-state index in [1.165, 1.54) is 13.2 Å². The summed E-state index contributed by atoms with van der Waals surface area (Å²) in [6, 6.07) is 11.5. The predicted molar refractivity (Wildman–Crippen MR) is 96.2 cm³/mol. The van der Waals surface area contributed by atoms with Crippen LogP contribution in [0.4, 0.5) is 4.39 Å². The number of primary amides is 1. The first-order valence-corrected chi connectivity index (χ1v) is 8.51. The van der Waals surface area contributed by atoms with Crippen LogP contribution in [0.25, 0.3) is 11.1 Å². The molecule has 1 aliphatic carbocycles. The van der Waals surface area contributed by atoms with Crippen LogP contribution in [0.2, 0.25) is 0 Å². The summed E-state index contributed by atoms with van der Waals surface area (Å²) < 4.78 is 18.8. The highest BCUT2D eigenvalue weighted by molar-refractivity contribution is 5.99. The van der Waals surface area contributed by atoms with E-state index in [0.29, 0.717) is 24.0 Å². The number of amides is 2. The Morgan fingerprint density at radius 1 is 1.08 bits per heavy atom. The third kappa shape index (κ3) is 3.40. The summed E-state index contributed by atoms with van der Waals surface area (Å²) in [5.74, 6) is -1.10. The normalized spacial score (nSPS) is 15.5. The van der Waals surface area contributed by atoms with Crippen LogP contribution in [0, 0.1) is 5.82 Å². The number of carbonyl (C=O) groups is 2. The molecule has 1 saturated carbocycles. The fraction of sp³-hybridized carbons (Fsp3) is 0.300. The zero-order chi connectivity index (χ0) is 18.7. The molecule has 2 aromatic carbocycles. The first-order chi connectivity index (χ1) is 12.4. The molecule has 2 aromatic rings. The third-order valence-corrected chi connectivity index (χ3v) is 4.91. The van der Waals surface area contributed by atoms with Crippen LogP contribution < -0.4 is 15.8 Å². The van der Waals surface area contributed by atoms with Crippen molar-refractivity contribution in [2.45, 2.75) is 31.2 Å². The van der Waals surface area contributed by atoms with Gasteiger partial charge in [0.25, 0.3) is 5.91 Å². The van der Waals surface area contributed by atoms with Crippen molar-refractivity contribution < 1.29 is 18.7 Å². The summed E-state index contributed by atoms with van der Waals surface area (Å²) >= 11 is 0. The van der Waals surface area contributed by atoms with Crippen LogP contribution in [0.3, 0.4) is 0 Å². The van der Waals surface area contributed by atoms with Crippen molar-refractivity contribution in [1.82, 2.24) is 5.32 Å². The second-order valence-corrected chi connectivity index (χ2v) is 6.53. The average Bonchev–Trinajstić information content (AvgIpc) is 3.11. The van der Waals surface area contributed by atoms with Gasteiger partial charge in [-0.05, 0) is 48.2 Å². The Hall–Kier alpha value is -2.89. The van der Waals surface area contributed by atoms with Crippen molar-refractivity contribution in [1.29, 1.82) is 0 Å². The van der Waals surface area contributed by atoms with Crippen LogP contribution in [0.5, 0.6) is 5.75 Å². The largest absolute Gasteiger partial charge is 0.494 e. The molecule has 0 heterocycles. The van der Waals surface area contributed by atoms with E-state index in [2.05, 4.69) is 5.32 Å². The van der Waals surface area contributed by atoms with Gasteiger partial charge in [0.1, 0.15) is 5.54 Å². The van der Waals surface area contributed by atoms with E-state index >= 15 is 0 Å². The Labute approximate surface area is 151 Å². The topological polar surface area (TPSA) is 81.4 Å². The van der Waals surface area contributed by atoms with Gasteiger partial charge in [-0.25, -0.2) is 4.39 Å². The van der Waals surface area contributed by atoms with Crippen molar-refractivity contribution in [2.75, 3.05) is 7.11 Å². The third-order valence-electron chi connectivity index (χ3n) is 4.91. The summed E-state index contributed by atoms with van der Waals surface area (Å²) in [4.78, 5) is 24.3. The van der Waals surface area contributed by atoms with Crippen molar-refractivity contribution in [3.8, 4) is 16.9 Å². The number of hydrogen-bond donors (Lipinski definition) is 2. The molecule has 3 N–H and O–H groups in total. The molecule has 0 atom stereocenters. The number of halogens is 1. The van der Waals surface area contributed by atoms with Crippen LogP contribution in [-0.2, 0) is 4.79 Å². The van der Waals surface area contributed by atoms with Crippen LogP contribution in [0.15, 0.2) is 42.5 Å². The van der Waals surface area contributed by atoms with Crippen molar-refractivity contribution in [3.63, 3.8) is 0 Å². The Bertz CT molecular complexity index is 827. The number of ether oxygens (including phenoxy) is 1. The van der Waals surface area contributed by atoms with E-state index in [4.69, 9.17) is 10.5 Å². The molecular formula is C20H21FN2O3. The molecule has 26 heavy (non-hydrogen) atoms. The van der Waals surface area contributed by atoms with Gasteiger partial charge in [-0.15, -0.1) is 0 Å². The van der Waals surface area contributed by atoms with Crippen LogP contribution >= 0.6 is 0 Å². The fourth-order valence-electron chi connectivity index (χ4n) is 3.36. The van der Waals surface area contributed by atoms with Crippen molar-refractivity contribution in [2.24, 2.45) is 5.73 Å². The quantitative estimate of drug-likeness (QED) is 0.864. The Kier molecular flexibility index (Phi) is 4.93. The number of methoxy groups -OCH3 is 1. The highest BCUT2D eigenvalue weighted by Crippen LogP contribution is 2.30. The van der Waals surface area contributed by atoms with Crippen LogP contribution in [0.1, 0.15) is 36.0 Å². The summed E-state index contributed by atoms with van der Waals surface area (Å²) in [6.07, 6.45) is 2.87. The first-order valence-electron chi connectivity index (χ1n) is 8.51. The molecule has 0 saturated heterocycles. The number of benzene rings is 2. The number of rotatable bonds is 5. The van der Waals surface area contributed by atoms with E-state index in [9.17, 15) is 14.0 Å². The molecule has 1 fully saturated rings. The van der Waals surface area contributed by atoms with Gasteiger partial charge in [0.2, 0.25) is 5.91 Å². The molecule has 1 aliphatic rings. The predicted octanol–water partition coefficient (Wildman–Crippen LogP) is 3.03. The Balaban J connectivity index is 1.78. The molecule has 3 rings (SSSR count). The highest BCUT2D eigenvalue weighted by Gasteiger charge is 2.40. The zero-order valence-electron chi connectivity index (χ0n) is 14.5. The summed E-state index contributed by atoms with van der Waals surface area (Å²) in [5.41, 5.74) is 6.43. The van der Waals surface area contributed by atoms with Crippen LogP contribution in [-0.4, -0.2) is 24.5 Å². The lowest BCUT2D eigenvalue weighted by Gasteiger charge is -2.26. The van der Waals surface area contributed by atoms with E-state index in [1.54, 1.807) is 36.4 Å². The molecule has 136 valence electrons. The smallest absolute Gasteiger partial charge is 0.252 e. The molecule has 0 aliphatic heterocycles. The van der Waals surface area contributed by atoms with E-state index < -0.39 is 17.3 Å². The summed E-state index contributed by atoms with van der Waals surface area (Å²) in [7, 11) is 1.41. The van der Waals surface area contributed by atoms with Gasteiger partial charge in [0, 0.05) is 5.56 Å². The standard InChI is InChI=1S/C20H21FN2O3/c1-26-17-9-8-15(12-16(17)21)13-4-6-14(7-5-13)18(24)23-20(19(22)25)10-2-3-11-20/h4-9,12H,2-3,10-11H2,1H3,(H2,22,25)(H,23,24). The number of carbonyl (C=O) groups excluding carboxylic acids is 2. The van der Waals surface area contributed by atoms with Crippen molar-refractivity contribution in [3.05, 3.63) is 53.8 Å². The lowest BCUT2D eigenvalue weighted by atomic mass is 9.95. The van der Waals surface area contributed by atoms with E-state index in [0.717, 1.165) is 18.4 Å². The monoisotopic (exact) mass is 356 g/mol. The van der Waals surface area contributed by atoms with Gasteiger partial charge in [0.05, 0.1) is 7.11 Å². The maximum Gasteiger partial charge on any atom is 0.252 e. The minimum absolute atomic E-state index is 0.179. The maximum atomic E-state index is 13.9. The summed E-state index contributed by atoms with van der Waals surface area (Å²) in [5, 5.41) is 2.80. The molecule has 0 bridgehead atoms. The Morgan fingerprint density at radius 3 is 2.23 bits per heavy atom. The summed E-state index contributed by atoms with van der Waals surface area (Å²) in [6.45, 7) is 0. The highest BCUT2D eigenvalue weighted by atomic mass is 19.1. The van der Waals surface area contributed by atoms with Crippen molar-refractivity contribution >= 4 is 11.8 Å². The Morgan fingerprint density at radius 2 is 1.69 bits per heavy atom. The average molecular weight is 356 g/mol. The second kappa shape index (κ2) is 7.15. The molecule has 0 spiro atoms. The van der Waals surface area contributed by atoms with Gasteiger partial charge in [-0.3, -0.25) is 9.59 Å². The molecular weight excluding hydrogens is 335 g/mol. The van der Waals surface area contributed by atoms with Gasteiger partial charge >= 0.3 is 0 Å². The fourth-order valence-corrected chi connectivity index (χ4v) is 3.36. The minimum atomic E-state index is -0.950. The van der Waals surface area contributed by atoms with Gasteiger partial charge in [-0.2, -0.15) is 0 Å². The molecule has 0 radical (unpaired) electrons. The first kappa shape index (κ1) is 17.9. The molecule has 6 heteroatoms. The van der Waals surface area contributed by atoms with Gasteiger partial charge < -0.3 is 15.8 Å². The number of nitrogens with one attached hydrogen (secondary N) is 1. The lowest BCUT2D eigenvalue weighted by molar-refractivity contribution is -0.123. The van der Waals surface area contributed by atoms with E-state index in [1.807, 2.05) is 0 Å². The molecule has 5 nitrogen and oxygen atoms in total. The lowest BCUT2D eigenvalue weighted by Crippen LogP contribution is -2.55. The molecule has 2 amide bonds.